The van der Waals surface area contributed by atoms with E-state index in [0.717, 1.165) is 26.7 Å². The molecule has 4 aromatic rings. The second kappa shape index (κ2) is 7.72. The summed E-state index contributed by atoms with van der Waals surface area (Å²) in [4.78, 5) is 0. The van der Waals surface area contributed by atoms with E-state index in [-0.39, 0.29) is 6.42 Å². The van der Waals surface area contributed by atoms with Crippen molar-refractivity contribution >= 4 is 16.7 Å². The highest BCUT2D eigenvalue weighted by atomic mass is 19.4. The number of H-pyrrole nitrogens is 1. The van der Waals surface area contributed by atoms with Crippen molar-refractivity contribution in [1.82, 2.24) is 20.0 Å². The van der Waals surface area contributed by atoms with Gasteiger partial charge in [0.15, 0.2) is 17.5 Å². The fourth-order valence-electron chi connectivity index (χ4n) is 4.43. The van der Waals surface area contributed by atoms with Crippen molar-refractivity contribution in [3.63, 3.8) is 0 Å². The molecule has 1 aliphatic rings. The van der Waals surface area contributed by atoms with Crippen molar-refractivity contribution < 1.29 is 22.6 Å². The van der Waals surface area contributed by atoms with Crippen molar-refractivity contribution in [3.8, 4) is 22.8 Å². The second-order valence-electron chi connectivity index (χ2n) is 8.03. The summed E-state index contributed by atoms with van der Waals surface area (Å²) in [6.07, 6.45) is -2.96. The largest absolute Gasteiger partial charge is 0.493 e. The summed E-state index contributed by atoms with van der Waals surface area (Å²) in [6, 6.07) is 8.16. The van der Waals surface area contributed by atoms with E-state index in [4.69, 9.17) is 9.47 Å². The summed E-state index contributed by atoms with van der Waals surface area (Å²) >= 11 is 0. The lowest BCUT2D eigenvalue weighted by molar-refractivity contribution is -0.173. The molecule has 3 heterocycles. The third-order valence-corrected chi connectivity index (χ3v) is 6.17. The van der Waals surface area contributed by atoms with Crippen LogP contribution in [0.4, 0.5) is 19.0 Å². The van der Waals surface area contributed by atoms with Crippen LogP contribution in [-0.4, -0.2) is 40.4 Å². The highest BCUT2D eigenvalue weighted by Gasteiger charge is 2.46. The molecule has 2 aromatic carbocycles. The number of alkyl halides is 3. The molecular weight excluding hydrogens is 435 g/mol. The quantitative estimate of drug-likeness (QED) is 0.428. The lowest BCUT2D eigenvalue weighted by Gasteiger charge is -2.33. The van der Waals surface area contributed by atoms with Gasteiger partial charge in [-0.2, -0.15) is 23.4 Å². The Bertz CT molecular complexity index is 1330. The van der Waals surface area contributed by atoms with Gasteiger partial charge in [-0.25, -0.2) is 4.68 Å². The highest BCUT2D eigenvalue weighted by Crippen LogP contribution is 2.45. The fourth-order valence-corrected chi connectivity index (χ4v) is 4.43. The standard InChI is InChI=1S/C23H22F3N5O2/c1-12-14(5-6-16-15(12)11-27-29-16)18-10-22-28-17(9-21(23(24,25)26)31(22)30-18)13-4-7-19(32-2)20(8-13)33-3/h4-8,10-11,17,21,28H,9H2,1-3H3,(H,27,29)/t17-,21+/m0/s1. The molecule has 0 spiro atoms. The molecule has 0 bridgehead atoms. The van der Waals surface area contributed by atoms with E-state index in [1.807, 2.05) is 19.1 Å². The first-order chi connectivity index (χ1) is 15.8. The Morgan fingerprint density at radius 2 is 1.85 bits per heavy atom. The number of methoxy groups -OCH3 is 2. The van der Waals surface area contributed by atoms with Gasteiger partial charge in [-0.3, -0.25) is 5.10 Å². The summed E-state index contributed by atoms with van der Waals surface area (Å²) in [7, 11) is 3.01. The maximum absolute atomic E-state index is 14.1. The maximum atomic E-state index is 14.1. The van der Waals surface area contributed by atoms with Gasteiger partial charge in [0, 0.05) is 23.4 Å². The molecule has 0 radical (unpaired) electrons. The molecule has 2 aromatic heterocycles. The molecule has 2 atom stereocenters. The highest BCUT2D eigenvalue weighted by molar-refractivity contribution is 5.88. The predicted octanol–water partition coefficient (Wildman–Crippen LogP) is 5.41. The minimum atomic E-state index is -4.46. The maximum Gasteiger partial charge on any atom is 0.410 e. The van der Waals surface area contributed by atoms with E-state index >= 15 is 0 Å². The van der Waals surface area contributed by atoms with E-state index in [0.29, 0.717) is 28.6 Å². The number of nitrogens with zero attached hydrogens (tertiary/aromatic N) is 3. The number of ether oxygens (including phenoxy) is 2. The van der Waals surface area contributed by atoms with Crippen LogP contribution in [0.2, 0.25) is 0 Å². The third kappa shape index (κ3) is 3.55. The minimum Gasteiger partial charge on any atom is -0.493 e. The number of aryl methyl sites for hydroxylation is 1. The second-order valence-corrected chi connectivity index (χ2v) is 8.03. The van der Waals surface area contributed by atoms with Gasteiger partial charge in [0.1, 0.15) is 5.82 Å². The van der Waals surface area contributed by atoms with Crippen molar-refractivity contribution in [3.05, 3.63) is 53.7 Å². The molecular formula is C23H22F3N5O2. The molecule has 0 aliphatic carbocycles. The Hall–Kier alpha value is -3.69. The molecule has 0 fully saturated rings. The van der Waals surface area contributed by atoms with Crippen LogP contribution >= 0.6 is 0 Å². The lowest BCUT2D eigenvalue weighted by Crippen LogP contribution is -2.35. The molecule has 0 saturated carbocycles. The molecule has 1 aliphatic heterocycles. The summed E-state index contributed by atoms with van der Waals surface area (Å²) in [6.45, 7) is 1.91. The number of anilines is 1. The number of hydrogen-bond donors (Lipinski definition) is 2. The first kappa shape index (κ1) is 21.2. The molecule has 0 unspecified atom stereocenters. The summed E-state index contributed by atoms with van der Waals surface area (Å²) in [5.41, 5.74) is 3.67. The van der Waals surface area contributed by atoms with Gasteiger partial charge < -0.3 is 14.8 Å². The number of nitrogens with one attached hydrogen (secondary N) is 2. The van der Waals surface area contributed by atoms with E-state index in [2.05, 4.69) is 20.6 Å². The lowest BCUT2D eigenvalue weighted by atomic mass is 9.96. The average Bonchev–Trinajstić information content (AvgIpc) is 3.44. The van der Waals surface area contributed by atoms with Gasteiger partial charge in [0.25, 0.3) is 0 Å². The van der Waals surface area contributed by atoms with Crippen LogP contribution in [0.3, 0.4) is 0 Å². The molecule has 33 heavy (non-hydrogen) atoms. The zero-order valence-electron chi connectivity index (χ0n) is 18.2. The van der Waals surface area contributed by atoms with E-state index < -0.39 is 18.3 Å². The molecule has 5 rings (SSSR count). The zero-order valence-corrected chi connectivity index (χ0v) is 18.2. The molecule has 2 N–H and O–H groups in total. The van der Waals surface area contributed by atoms with Gasteiger partial charge in [0.05, 0.1) is 37.7 Å². The van der Waals surface area contributed by atoms with Crippen LogP contribution in [0.5, 0.6) is 11.5 Å². The van der Waals surface area contributed by atoms with Gasteiger partial charge in [0.2, 0.25) is 0 Å². The Morgan fingerprint density at radius 3 is 2.58 bits per heavy atom. The SMILES string of the molecule is COc1ccc([C@@H]2C[C@H](C(F)(F)F)n3nc(-c4ccc5[nH]ncc5c4C)cc3N2)cc1OC. The van der Waals surface area contributed by atoms with Crippen LogP contribution < -0.4 is 14.8 Å². The average molecular weight is 457 g/mol. The number of aromatic nitrogens is 4. The normalized spacial score (nSPS) is 18.1. The number of hydrogen-bond acceptors (Lipinski definition) is 5. The Kier molecular flexibility index (Phi) is 4.95. The van der Waals surface area contributed by atoms with Crippen LogP contribution in [0.1, 0.15) is 29.6 Å². The summed E-state index contributed by atoms with van der Waals surface area (Å²) < 4.78 is 53.9. The number of benzene rings is 2. The monoisotopic (exact) mass is 457 g/mol. The molecule has 10 heteroatoms. The zero-order chi connectivity index (χ0) is 23.3. The Labute approximate surface area is 187 Å². The number of rotatable bonds is 4. The first-order valence-corrected chi connectivity index (χ1v) is 10.4. The van der Waals surface area contributed by atoms with Crippen LogP contribution in [0.25, 0.3) is 22.2 Å². The first-order valence-electron chi connectivity index (χ1n) is 10.4. The number of aromatic amines is 1. The van der Waals surface area contributed by atoms with Crippen molar-refractivity contribution in [2.45, 2.75) is 31.6 Å². The third-order valence-electron chi connectivity index (χ3n) is 6.17. The van der Waals surface area contributed by atoms with Gasteiger partial charge >= 0.3 is 6.18 Å². The fraction of sp³-hybridized carbons (Fsp3) is 0.304. The predicted molar refractivity (Wildman–Crippen MR) is 118 cm³/mol. The van der Waals surface area contributed by atoms with Gasteiger partial charge in [-0.1, -0.05) is 12.1 Å². The van der Waals surface area contributed by atoms with Crippen LogP contribution in [0, 0.1) is 6.92 Å². The molecule has 0 saturated heterocycles. The van der Waals surface area contributed by atoms with Crippen molar-refractivity contribution in [2.75, 3.05) is 19.5 Å². The van der Waals surface area contributed by atoms with Crippen molar-refractivity contribution in [1.29, 1.82) is 0 Å². The minimum absolute atomic E-state index is 0.202. The van der Waals surface area contributed by atoms with E-state index in [1.165, 1.54) is 14.2 Å². The van der Waals surface area contributed by atoms with E-state index in [9.17, 15) is 13.2 Å². The van der Waals surface area contributed by atoms with Gasteiger partial charge in [-0.05, 0) is 36.2 Å². The molecule has 0 amide bonds. The number of fused-ring (bicyclic) bond motifs is 2. The van der Waals surface area contributed by atoms with Crippen LogP contribution in [0.15, 0.2) is 42.6 Å². The summed E-state index contributed by atoms with van der Waals surface area (Å²) in [5.74, 6) is 1.29. The van der Waals surface area contributed by atoms with Crippen LogP contribution in [-0.2, 0) is 0 Å². The molecule has 172 valence electrons. The topological polar surface area (TPSA) is 77.0 Å². The molecule has 7 nitrogen and oxygen atoms in total. The smallest absolute Gasteiger partial charge is 0.410 e. The Balaban J connectivity index is 1.57. The number of halogens is 3. The van der Waals surface area contributed by atoms with Crippen molar-refractivity contribution in [2.24, 2.45) is 0 Å². The van der Waals surface area contributed by atoms with E-state index in [1.54, 1.807) is 30.5 Å². The Morgan fingerprint density at radius 1 is 1.06 bits per heavy atom. The summed E-state index contributed by atoms with van der Waals surface area (Å²) in [5, 5.41) is 15.5. The van der Waals surface area contributed by atoms with Gasteiger partial charge in [-0.15, -0.1) is 0 Å².